The largest absolute Gasteiger partial charge is 0.492 e. The molecule has 1 saturated heterocycles. The molecule has 3 heteroatoms. The van der Waals surface area contributed by atoms with Crippen molar-refractivity contribution in [3.63, 3.8) is 0 Å². The molecular formula is C26H26ClNO. The molecule has 1 heterocycles. The van der Waals surface area contributed by atoms with Gasteiger partial charge in [0.15, 0.2) is 0 Å². The molecule has 1 aliphatic heterocycles. The zero-order valence-electron chi connectivity index (χ0n) is 16.6. The number of hydrogen-bond acceptors (Lipinski definition) is 2. The molecule has 0 aromatic heterocycles. The second kappa shape index (κ2) is 9.78. The van der Waals surface area contributed by atoms with Gasteiger partial charge in [0.25, 0.3) is 0 Å². The van der Waals surface area contributed by atoms with Crippen LogP contribution in [0.3, 0.4) is 0 Å². The number of ether oxygens (including phenoxy) is 1. The number of hydrogen-bond donors (Lipinski definition) is 0. The van der Waals surface area contributed by atoms with Crippen molar-refractivity contribution in [2.24, 2.45) is 0 Å². The molecule has 3 aromatic rings. The normalized spacial score (nSPS) is 14.4. The number of allylic oxidation sites excluding steroid dienone is 1. The molecule has 4 rings (SSSR count). The Bertz CT molecular complexity index is 931. The van der Waals surface area contributed by atoms with Crippen molar-refractivity contribution >= 4 is 22.7 Å². The van der Waals surface area contributed by atoms with Crippen LogP contribution in [0.15, 0.2) is 84.9 Å². The van der Waals surface area contributed by atoms with Gasteiger partial charge in [-0.25, -0.2) is 0 Å². The summed E-state index contributed by atoms with van der Waals surface area (Å²) in [6, 6.07) is 29.6. The lowest BCUT2D eigenvalue weighted by molar-refractivity contribution is 0.292. The van der Waals surface area contributed by atoms with E-state index in [1.165, 1.54) is 40.9 Å². The topological polar surface area (TPSA) is 12.2 Å². The van der Waals surface area contributed by atoms with Crippen molar-refractivity contribution in [2.75, 3.05) is 32.1 Å². The van der Waals surface area contributed by atoms with Crippen LogP contribution in [0.1, 0.15) is 23.1 Å². The lowest BCUT2D eigenvalue weighted by Crippen LogP contribution is -2.10. The molecule has 1 aliphatic rings. The SMILES string of the molecule is ClCCC(=C(c1ccccc1)c1ccc(OCCN2CC2)cc1)c1ccccc1. The van der Waals surface area contributed by atoms with Gasteiger partial charge < -0.3 is 4.74 Å². The molecule has 29 heavy (non-hydrogen) atoms. The van der Waals surface area contributed by atoms with Crippen molar-refractivity contribution in [3.05, 3.63) is 102 Å². The maximum Gasteiger partial charge on any atom is 0.119 e. The van der Waals surface area contributed by atoms with Crippen molar-refractivity contribution in [2.45, 2.75) is 6.42 Å². The van der Waals surface area contributed by atoms with E-state index in [0.29, 0.717) is 5.88 Å². The third kappa shape index (κ3) is 5.29. The second-order valence-corrected chi connectivity index (χ2v) is 7.62. The van der Waals surface area contributed by atoms with Crippen LogP contribution >= 0.6 is 11.6 Å². The summed E-state index contributed by atoms with van der Waals surface area (Å²) < 4.78 is 5.91. The summed E-state index contributed by atoms with van der Waals surface area (Å²) in [4.78, 5) is 2.36. The highest BCUT2D eigenvalue weighted by Gasteiger charge is 2.16. The van der Waals surface area contributed by atoms with E-state index in [1.807, 2.05) is 6.07 Å². The molecule has 0 unspecified atom stereocenters. The van der Waals surface area contributed by atoms with Crippen LogP contribution in [0.5, 0.6) is 5.75 Å². The molecule has 0 spiro atoms. The van der Waals surface area contributed by atoms with E-state index in [1.54, 1.807) is 0 Å². The van der Waals surface area contributed by atoms with Crippen molar-refractivity contribution in [1.29, 1.82) is 0 Å². The van der Waals surface area contributed by atoms with Gasteiger partial charge in [0.1, 0.15) is 12.4 Å². The lowest BCUT2D eigenvalue weighted by atomic mass is 9.88. The number of alkyl halides is 1. The van der Waals surface area contributed by atoms with Crippen molar-refractivity contribution in [1.82, 2.24) is 4.90 Å². The van der Waals surface area contributed by atoms with Gasteiger partial charge >= 0.3 is 0 Å². The highest BCUT2D eigenvalue weighted by molar-refractivity contribution is 6.18. The van der Waals surface area contributed by atoms with Gasteiger partial charge in [-0.3, -0.25) is 4.90 Å². The van der Waals surface area contributed by atoms with E-state index in [2.05, 4.69) is 83.8 Å². The minimum absolute atomic E-state index is 0.582. The van der Waals surface area contributed by atoms with Crippen LogP contribution in [0.25, 0.3) is 11.1 Å². The Morgan fingerprint density at radius 2 is 1.34 bits per heavy atom. The fraction of sp³-hybridized carbons (Fsp3) is 0.231. The molecule has 148 valence electrons. The molecule has 1 fully saturated rings. The molecule has 0 amide bonds. The Kier molecular flexibility index (Phi) is 6.66. The van der Waals surface area contributed by atoms with Gasteiger partial charge in [-0.1, -0.05) is 72.8 Å². The average Bonchev–Trinajstić information content (AvgIpc) is 3.60. The van der Waals surface area contributed by atoms with Gasteiger partial charge in [0.2, 0.25) is 0 Å². The minimum atomic E-state index is 0.582. The van der Waals surface area contributed by atoms with E-state index >= 15 is 0 Å². The highest BCUT2D eigenvalue weighted by atomic mass is 35.5. The first kappa shape index (κ1) is 19.8. The monoisotopic (exact) mass is 403 g/mol. The molecule has 3 aromatic carbocycles. The van der Waals surface area contributed by atoms with E-state index in [-0.39, 0.29) is 0 Å². The molecule has 0 radical (unpaired) electrons. The number of halogens is 1. The van der Waals surface area contributed by atoms with Gasteiger partial charge in [-0.2, -0.15) is 0 Å². The number of rotatable bonds is 9. The fourth-order valence-corrected chi connectivity index (χ4v) is 3.76. The maximum absolute atomic E-state index is 6.22. The quantitative estimate of drug-likeness (QED) is 0.248. The minimum Gasteiger partial charge on any atom is -0.492 e. The third-order valence-electron chi connectivity index (χ3n) is 5.19. The van der Waals surface area contributed by atoms with Crippen LogP contribution in [0.4, 0.5) is 0 Å². The van der Waals surface area contributed by atoms with Crippen LogP contribution in [-0.4, -0.2) is 37.0 Å². The zero-order valence-corrected chi connectivity index (χ0v) is 17.3. The Hall–Kier alpha value is -2.55. The lowest BCUT2D eigenvalue weighted by Gasteiger charge is -2.17. The Morgan fingerprint density at radius 1 is 0.759 bits per heavy atom. The van der Waals surface area contributed by atoms with Gasteiger partial charge in [-0.15, -0.1) is 11.6 Å². The van der Waals surface area contributed by atoms with Gasteiger partial charge in [0.05, 0.1) is 0 Å². The summed E-state index contributed by atoms with van der Waals surface area (Å²) in [5, 5.41) is 0. The summed E-state index contributed by atoms with van der Waals surface area (Å²) in [6.45, 7) is 4.15. The first-order valence-corrected chi connectivity index (χ1v) is 10.7. The second-order valence-electron chi connectivity index (χ2n) is 7.24. The summed E-state index contributed by atoms with van der Waals surface area (Å²) in [6.07, 6.45) is 0.809. The average molecular weight is 404 g/mol. The van der Waals surface area contributed by atoms with Gasteiger partial charge in [0, 0.05) is 25.5 Å². The van der Waals surface area contributed by atoms with E-state index in [0.717, 1.165) is 25.3 Å². The summed E-state index contributed by atoms with van der Waals surface area (Å²) in [5.74, 6) is 1.50. The summed E-state index contributed by atoms with van der Waals surface area (Å²) in [5.41, 5.74) is 6.09. The first-order valence-electron chi connectivity index (χ1n) is 10.2. The standard InChI is InChI=1S/C26H26ClNO/c27-16-15-25(21-7-3-1-4-8-21)26(22-9-5-2-6-10-22)23-11-13-24(14-12-23)29-20-19-28-17-18-28/h1-14H,15-20H2. The Labute approximate surface area is 178 Å². The van der Waals surface area contributed by atoms with E-state index in [4.69, 9.17) is 16.3 Å². The molecule has 0 N–H and O–H groups in total. The predicted octanol–water partition coefficient (Wildman–Crippen LogP) is 5.97. The van der Waals surface area contributed by atoms with Crippen LogP contribution in [0.2, 0.25) is 0 Å². The number of benzene rings is 3. The number of nitrogens with zero attached hydrogens (tertiary/aromatic N) is 1. The highest BCUT2D eigenvalue weighted by Crippen LogP contribution is 2.35. The smallest absolute Gasteiger partial charge is 0.119 e. The van der Waals surface area contributed by atoms with Crippen LogP contribution in [-0.2, 0) is 0 Å². The van der Waals surface area contributed by atoms with Crippen LogP contribution < -0.4 is 4.74 Å². The predicted molar refractivity (Wildman–Crippen MR) is 123 cm³/mol. The van der Waals surface area contributed by atoms with Crippen molar-refractivity contribution < 1.29 is 4.74 Å². The Balaban J connectivity index is 1.70. The third-order valence-corrected chi connectivity index (χ3v) is 5.38. The van der Waals surface area contributed by atoms with E-state index < -0.39 is 0 Å². The van der Waals surface area contributed by atoms with Gasteiger partial charge in [-0.05, 0) is 46.4 Å². The zero-order chi connectivity index (χ0) is 19.9. The summed E-state index contributed by atoms with van der Waals surface area (Å²) in [7, 11) is 0. The van der Waals surface area contributed by atoms with Crippen molar-refractivity contribution in [3.8, 4) is 5.75 Å². The Morgan fingerprint density at radius 3 is 1.93 bits per heavy atom. The fourth-order valence-electron chi connectivity index (χ4n) is 3.57. The van der Waals surface area contributed by atoms with Crippen LogP contribution in [0, 0.1) is 0 Å². The molecule has 0 saturated carbocycles. The molecule has 0 atom stereocenters. The van der Waals surface area contributed by atoms with E-state index in [9.17, 15) is 0 Å². The molecule has 0 aliphatic carbocycles. The maximum atomic E-state index is 6.22. The summed E-state index contributed by atoms with van der Waals surface area (Å²) >= 11 is 6.22. The molecular weight excluding hydrogens is 378 g/mol. The molecule has 0 bridgehead atoms. The molecule has 2 nitrogen and oxygen atoms in total. The first-order chi connectivity index (χ1) is 14.3.